The Morgan fingerprint density at radius 2 is 1.80 bits per heavy atom. The first-order chi connectivity index (χ1) is 12.1. The molecule has 6 heteroatoms. The van der Waals surface area contributed by atoms with Crippen molar-refractivity contribution in [2.75, 3.05) is 0 Å². The van der Waals surface area contributed by atoms with Crippen LogP contribution in [0.3, 0.4) is 0 Å². The molecule has 2 aromatic carbocycles. The van der Waals surface area contributed by atoms with E-state index in [9.17, 15) is 4.79 Å². The number of hydrogen-bond acceptors (Lipinski definition) is 3. The van der Waals surface area contributed by atoms with Crippen molar-refractivity contribution in [1.29, 1.82) is 0 Å². The van der Waals surface area contributed by atoms with Gasteiger partial charge in [-0.1, -0.05) is 39.7 Å². The van der Waals surface area contributed by atoms with E-state index in [4.69, 9.17) is 16.0 Å². The molecule has 0 spiro atoms. The molecule has 25 heavy (non-hydrogen) atoms. The molecule has 0 radical (unpaired) electrons. The summed E-state index contributed by atoms with van der Waals surface area (Å²) in [4.78, 5) is 11.9. The molecule has 0 unspecified atom stereocenters. The highest BCUT2D eigenvalue weighted by molar-refractivity contribution is 9.10. The summed E-state index contributed by atoms with van der Waals surface area (Å²) < 4.78 is 6.65. The Hall–Kier alpha value is -2.37. The topological polar surface area (TPSA) is 54.6 Å². The van der Waals surface area contributed by atoms with E-state index in [0.29, 0.717) is 16.5 Å². The predicted octanol–water partition coefficient (Wildman–Crippen LogP) is 5.06. The Bertz CT molecular complexity index is 887. The van der Waals surface area contributed by atoms with E-state index in [0.717, 1.165) is 15.6 Å². The van der Waals surface area contributed by atoms with Gasteiger partial charge in [0.2, 0.25) is 5.91 Å². The average Bonchev–Trinajstić information content (AvgIpc) is 3.06. The molecule has 0 bridgehead atoms. The molecule has 0 aliphatic carbocycles. The second-order valence-electron chi connectivity index (χ2n) is 5.31. The third-order valence-electron chi connectivity index (χ3n) is 3.41. The molecule has 1 N–H and O–H groups in total. The molecule has 126 valence electrons. The van der Waals surface area contributed by atoms with Crippen LogP contribution in [-0.4, -0.2) is 12.1 Å². The van der Waals surface area contributed by atoms with Gasteiger partial charge in [0, 0.05) is 15.1 Å². The number of nitrogens with one attached hydrogen (secondary N) is 1. The largest absolute Gasteiger partial charge is 0.455 e. The number of nitrogens with zero attached hydrogens (tertiary/aromatic N) is 1. The molecule has 0 atom stereocenters. The van der Waals surface area contributed by atoms with Crippen LogP contribution in [-0.2, 0) is 11.2 Å². The first-order valence-corrected chi connectivity index (χ1v) is 8.69. The van der Waals surface area contributed by atoms with Gasteiger partial charge in [0.05, 0.1) is 12.6 Å². The third-order valence-corrected chi connectivity index (χ3v) is 4.20. The van der Waals surface area contributed by atoms with Gasteiger partial charge in [0.25, 0.3) is 0 Å². The lowest BCUT2D eigenvalue weighted by Crippen LogP contribution is -2.19. The number of hydrogen-bond donors (Lipinski definition) is 1. The second-order valence-corrected chi connectivity index (χ2v) is 6.66. The van der Waals surface area contributed by atoms with Crippen LogP contribution in [0.15, 0.2) is 74.7 Å². The fraction of sp³-hybridized carbons (Fsp3) is 0.0526. The molecule has 0 aliphatic heterocycles. The lowest BCUT2D eigenvalue weighted by molar-refractivity contribution is -0.120. The van der Waals surface area contributed by atoms with Crippen LogP contribution in [0.5, 0.6) is 0 Å². The van der Waals surface area contributed by atoms with Gasteiger partial charge < -0.3 is 4.42 Å². The fourth-order valence-electron chi connectivity index (χ4n) is 2.19. The first-order valence-electron chi connectivity index (χ1n) is 7.52. The highest BCUT2D eigenvalue weighted by Crippen LogP contribution is 2.23. The van der Waals surface area contributed by atoms with Crippen molar-refractivity contribution in [3.63, 3.8) is 0 Å². The van der Waals surface area contributed by atoms with Crippen LogP contribution in [0.25, 0.3) is 11.3 Å². The molecular weight excluding hydrogens is 404 g/mol. The summed E-state index contributed by atoms with van der Waals surface area (Å²) in [5.41, 5.74) is 4.33. The summed E-state index contributed by atoms with van der Waals surface area (Å²) in [5, 5.41) is 4.60. The van der Waals surface area contributed by atoms with E-state index in [1.54, 1.807) is 18.2 Å². The number of halogens is 2. The van der Waals surface area contributed by atoms with Gasteiger partial charge >= 0.3 is 0 Å². The summed E-state index contributed by atoms with van der Waals surface area (Å²) in [6.07, 6.45) is 1.73. The van der Waals surface area contributed by atoms with E-state index in [-0.39, 0.29) is 12.3 Å². The highest BCUT2D eigenvalue weighted by Gasteiger charge is 2.04. The molecule has 1 heterocycles. The summed E-state index contributed by atoms with van der Waals surface area (Å²) in [6.45, 7) is 0. The van der Waals surface area contributed by atoms with Crippen LogP contribution in [0.4, 0.5) is 0 Å². The summed E-state index contributed by atoms with van der Waals surface area (Å²) in [5.74, 6) is 1.07. The number of carbonyl (C=O) groups is 1. The minimum Gasteiger partial charge on any atom is -0.455 e. The zero-order chi connectivity index (χ0) is 17.6. The van der Waals surface area contributed by atoms with Crippen LogP contribution >= 0.6 is 27.5 Å². The minimum absolute atomic E-state index is 0.192. The summed E-state index contributed by atoms with van der Waals surface area (Å²) in [7, 11) is 0. The lowest BCUT2D eigenvalue weighted by Gasteiger charge is -2.00. The number of rotatable bonds is 5. The Balaban J connectivity index is 1.56. The monoisotopic (exact) mass is 416 g/mol. The summed E-state index contributed by atoms with van der Waals surface area (Å²) in [6, 6.07) is 18.5. The van der Waals surface area contributed by atoms with Crippen LogP contribution in [0.2, 0.25) is 5.02 Å². The maximum absolute atomic E-state index is 11.9. The molecule has 0 fully saturated rings. The zero-order valence-corrected chi connectivity index (χ0v) is 15.4. The molecule has 0 saturated carbocycles. The normalized spacial score (nSPS) is 11.0. The molecule has 3 aromatic rings. The molecule has 4 nitrogen and oxygen atoms in total. The van der Waals surface area contributed by atoms with Crippen molar-refractivity contribution in [3.8, 4) is 11.3 Å². The number of benzene rings is 2. The van der Waals surface area contributed by atoms with Crippen molar-refractivity contribution in [2.45, 2.75) is 6.42 Å². The third kappa shape index (κ3) is 5.05. The van der Waals surface area contributed by atoms with Gasteiger partial charge in [0.1, 0.15) is 11.5 Å². The molecule has 1 amide bonds. The fourth-order valence-corrected chi connectivity index (χ4v) is 2.58. The average molecular weight is 418 g/mol. The smallest absolute Gasteiger partial charge is 0.244 e. The lowest BCUT2D eigenvalue weighted by atomic mass is 10.1. The van der Waals surface area contributed by atoms with Crippen molar-refractivity contribution in [1.82, 2.24) is 5.43 Å². The number of furan rings is 1. The van der Waals surface area contributed by atoms with Gasteiger partial charge in [-0.2, -0.15) is 5.10 Å². The second kappa shape index (κ2) is 8.14. The predicted molar refractivity (Wildman–Crippen MR) is 103 cm³/mol. The minimum atomic E-state index is -0.192. The van der Waals surface area contributed by atoms with Crippen molar-refractivity contribution in [2.24, 2.45) is 5.10 Å². The standard InChI is InChI=1S/C19H14BrClN2O2/c20-15-5-1-13(2-6-15)11-19(24)23-22-12-17-9-10-18(25-17)14-3-7-16(21)8-4-14/h1-10,12H,11H2,(H,23,24). The van der Waals surface area contributed by atoms with Crippen molar-refractivity contribution in [3.05, 3.63) is 81.5 Å². The molecule has 0 saturated heterocycles. The Morgan fingerprint density at radius 3 is 2.52 bits per heavy atom. The van der Waals surface area contributed by atoms with E-state index >= 15 is 0 Å². The maximum atomic E-state index is 11.9. The number of carbonyl (C=O) groups excluding carboxylic acids is 1. The molecule has 0 aliphatic rings. The number of hydrazone groups is 1. The first kappa shape index (κ1) is 17.5. The van der Waals surface area contributed by atoms with Gasteiger partial charge in [-0.3, -0.25) is 4.79 Å². The van der Waals surface area contributed by atoms with Gasteiger partial charge in [0.15, 0.2) is 0 Å². The Labute approximate surface area is 158 Å². The SMILES string of the molecule is O=C(Cc1ccc(Br)cc1)NN=Cc1ccc(-c2ccc(Cl)cc2)o1. The Kier molecular flexibility index (Phi) is 5.68. The maximum Gasteiger partial charge on any atom is 0.244 e. The van der Waals surface area contributed by atoms with E-state index in [2.05, 4.69) is 26.5 Å². The van der Waals surface area contributed by atoms with Crippen LogP contribution in [0.1, 0.15) is 11.3 Å². The molecular formula is C19H14BrClN2O2. The van der Waals surface area contributed by atoms with Crippen molar-refractivity contribution >= 4 is 39.7 Å². The van der Waals surface area contributed by atoms with E-state index < -0.39 is 0 Å². The van der Waals surface area contributed by atoms with Gasteiger partial charge in [-0.15, -0.1) is 0 Å². The van der Waals surface area contributed by atoms with E-state index in [1.807, 2.05) is 42.5 Å². The van der Waals surface area contributed by atoms with E-state index in [1.165, 1.54) is 6.21 Å². The highest BCUT2D eigenvalue weighted by atomic mass is 79.9. The number of amides is 1. The zero-order valence-electron chi connectivity index (χ0n) is 13.1. The van der Waals surface area contributed by atoms with Crippen LogP contribution in [0, 0.1) is 0 Å². The van der Waals surface area contributed by atoms with Crippen LogP contribution < -0.4 is 5.43 Å². The molecule has 1 aromatic heterocycles. The quantitative estimate of drug-likeness (QED) is 0.466. The Morgan fingerprint density at radius 1 is 1.08 bits per heavy atom. The molecule has 3 rings (SSSR count). The summed E-state index contributed by atoms with van der Waals surface area (Å²) >= 11 is 9.23. The van der Waals surface area contributed by atoms with Gasteiger partial charge in [-0.25, -0.2) is 5.43 Å². The van der Waals surface area contributed by atoms with Gasteiger partial charge in [-0.05, 0) is 54.1 Å². The van der Waals surface area contributed by atoms with Crippen molar-refractivity contribution < 1.29 is 9.21 Å².